The van der Waals surface area contributed by atoms with E-state index in [1.807, 2.05) is 32.9 Å². The van der Waals surface area contributed by atoms with Gasteiger partial charge in [0.15, 0.2) is 18.1 Å². The molecule has 0 aromatic heterocycles. The first-order chi connectivity index (χ1) is 11.9. The van der Waals surface area contributed by atoms with Crippen molar-refractivity contribution in [1.29, 1.82) is 5.26 Å². The van der Waals surface area contributed by atoms with Crippen molar-refractivity contribution in [3.05, 3.63) is 52.0 Å². The summed E-state index contributed by atoms with van der Waals surface area (Å²) in [4.78, 5) is 12.2. The summed E-state index contributed by atoms with van der Waals surface area (Å²) in [6.45, 7) is 5.87. The highest BCUT2D eigenvalue weighted by molar-refractivity contribution is 6.34. The molecule has 0 atom stereocenters. The maximum absolute atomic E-state index is 12.2. The highest BCUT2D eigenvalue weighted by Crippen LogP contribution is 2.29. The zero-order valence-corrected chi connectivity index (χ0v) is 15.1. The van der Waals surface area contributed by atoms with Crippen molar-refractivity contribution >= 4 is 23.2 Å². The second-order valence-electron chi connectivity index (χ2n) is 5.48. The van der Waals surface area contributed by atoms with Crippen LogP contribution in [0.1, 0.15) is 23.6 Å². The Labute approximate surface area is 152 Å². The molecule has 2 rings (SSSR count). The minimum absolute atomic E-state index is 0.199. The molecule has 0 aliphatic heterocycles. The number of nitriles is 1. The molecular weight excluding hydrogens is 340 g/mol. The minimum Gasteiger partial charge on any atom is -0.490 e. The van der Waals surface area contributed by atoms with Gasteiger partial charge < -0.3 is 14.8 Å². The number of rotatable bonds is 6. The number of nitrogens with zero attached hydrogens (tertiary/aromatic N) is 1. The molecule has 0 fully saturated rings. The standard InChI is InChI=1S/C19H19ClN2O3/c1-4-24-17-9-14(10-21)5-6-16(17)25-11-18(23)22-19-13(3)7-12(2)8-15(19)20/h5-9H,4,11H2,1-3H3,(H,22,23). The summed E-state index contributed by atoms with van der Waals surface area (Å²) in [6.07, 6.45) is 0. The SMILES string of the molecule is CCOc1cc(C#N)ccc1OCC(=O)Nc1c(C)cc(C)cc1Cl. The molecule has 2 aromatic carbocycles. The van der Waals surface area contributed by atoms with Crippen molar-refractivity contribution in [2.24, 2.45) is 0 Å². The van der Waals surface area contributed by atoms with Gasteiger partial charge in [-0.05, 0) is 50.1 Å². The Kier molecular flexibility index (Phi) is 6.26. The number of benzene rings is 2. The lowest BCUT2D eigenvalue weighted by atomic mass is 10.1. The largest absolute Gasteiger partial charge is 0.490 e. The van der Waals surface area contributed by atoms with Gasteiger partial charge in [-0.1, -0.05) is 17.7 Å². The molecular formula is C19H19ClN2O3. The second kappa shape index (κ2) is 8.41. The van der Waals surface area contributed by atoms with Crippen molar-refractivity contribution in [1.82, 2.24) is 0 Å². The van der Waals surface area contributed by atoms with E-state index in [9.17, 15) is 4.79 Å². The Bertz CT molecular complexity index is 805. The summed E-state index contributed by atoms with van der Waals surface area (Å²) < 4.78 is 11.0. The monoisotopic (exact) mass is 358 g/mol. The van der Waals surface area contributed by atoms with E-state index in [4.69, 9.17) is 26.3 Å². The van der Waals surface area contributed by atoms with Gasteiger partial charge in [-0.2, -0.15) is 5.26 Å². The summed E-state index contributed by atoms with van der Waals surface area (Å²) in [5, 5.41) is 12.2. The molecule has 0 aliphatic rings. The average molecular weight is 359 g/mol. The van der Waals surface area contributed by atoms with Crippen LogP contribution < -0.4 is 14.8 Å². The summed E-state index contributed by atoms with van der Waals surface area (Å²) in [5.74, 6) is 0.502. The molecule has 0 bridgehead atoms. The Morgan fingerprint density at radius 2 is 1.96 bits per heavy atom. The van der Waals surface area contributed by atoms with E-state index in [1.165, 1.54) is 0 Å². The van der Waals surface area contributed by atoms with Crippen LogP contribution in [0.4, 0.5) is 5.69 Å². The van der Waals surface area contributed by atoms with Gasteiger partial charge in [-0.15, -0.1) is 0 Å². The molecule has 1 amide bonds. The van der Waals surface area contributed by atoms with Gasteiger partial charge in [0.05, 0.1) is 28.9 Å². The minimum atomic E-state index is -0.333. The van der Waals surface area contributed by atoms with E-state index in [0.717, 1.165) is 11.1 Å². The van der Waals surface area contributed by atoms with Crippen LogP contribution in [0, 0.1) is 25.2 Å². The molecule has 25 heavy (non-hydrogen) atoms. The summed E-state index contributed by atoms with van der Waals surface area (Å²) in [5.41, 5.74) is 2.94. The molecule has 1 N–H and O–H groups in total. The number of hydrogen-bond donors (Lipinski definition) is 1. The van der Waals surface area contributed by atoms with E-state index in [-0.39, 0.29) is 12.5 Å². The maximum Gasteiger partial charge on any atom is 0.262 e. The normalized spacial score (nSPS) is 10.0. The van der Waals surface area contributed by atoms with Gasteiger partial charge in [0.1, 0.15) is 0 Å². The molecule has 0 aliphatic carbocycles. The van der Waals surface area contributed by atoms with Crippen LogP contribution in [0.5, 0.6) is 11.5 Å². The lowest BCUT2D eigenvalue weighted by Gasteiger charge is -2.14. The first-order valence-corrected chi connectivity index (χ1v) is 8.18. The van der Waals surface area contributed by atoms with E-state index in [2.05, 4.69) is 5.32 Å². The number of halogens is 1. The van der Waals surface area contributed by atoms with Crippen molar-refractivity contribution in [2.75, 3.05) is 18.5 Å². The highest BCUT2D eigenvalue weighted by Gasteiger charge is 2.12. The van der Waals surface area contributed by atoms with Gasteiger partial charge in [0.2, 0.25) is 0 Å². The fourth-order valence-corrected chi connectivity index (χ4v) is 2.73. The second-order valence-corrected chi connectivity index (χ2v) is 5.89. The molecule has 2 aromatic rings. The Morgan fingerprint density at radius 1 is 1.20 bits per heavy atom. The van der Waals surface area contributed by atoms with Crippen LogP contribution >= 0.6 is 11.6 Å². The summed E-state index contributed by atoms with van der Waals surface area (Å²) >= 11 is 6.19. The summed E-state index contributed by atoms with van der Waals surface area (Å²) in [7, 11) is 0. The fraction of sp³-hybridized carbons (Fsp3) is 0.263. The van der Waals surface area contributed by atoms with Crippen molar-refractivity contribution in [2.45, 2.75) is 20.8 Å². The molecule has 0 radical (unpaired) electrons. The van der Waals surface area contributed by atoms with Crippen LogP contribution in [0.3, 0.4) is 0 Å². The Balaban J connectivity index is 2.07. The van der Waals surface area contributed by atoms with Crippen LogP contribution in [0.15, 0.2) is 30.3 Å². The molecule has 130 valence electrons. The van der Waals surface area contributed by atoms with Crippen molar-refractivity contribution < 1.29 is 14.3 Å². The van der Waals surface area contributed by atoms with Crippen molar-refractivity contribution in [3.8, 4) is 17.6 Å². The molecule has 0 spiro atoms. The van der Waals surface area contributed by atoms with Gasteiger partial charge in [0.25, 0.3) is 5.91 Å². The van der Waals surface area contributed by atoms with Gasteiger partial charge in [-0.3, -0.25) is 4.79 Å². The number of anilines is 1. The quantitative estimate of drug-likeness (QED) is 0.838. The zero-order chi connectivity index (χ0) is 18.4. The van der Waals surface area contributed by atoms with E-state index in [1.54, 1.807) is 24.3 Å². The smallest absolute Gasteiger partial charge is 0.262 e. The number of nitrogens with one attached hydrogen (secondary N) is 1. The van der Waals surface area contributed by atoms with Crippen LogP contribution in [-0.4, -0.2) is 19.1 Å². The molecule has 0 saturated carbocycles. The number of aryl methyl sites for hydroxylation is 2. The van der Waals surface area contributed by atoms with Gasteiger partial charge in [-0.25, -0.2) is 0 Å². The highest BCUT2D eigenvalue weighted by atomic mass is 35.5. The molecule has 5 nitrogen and oxygen atoms in total. The Hall–Kier alpha value is -2.71. The van der Waals surface area contributed by atoms with E-state index < -0.39 is 0 Å². The maximum atomic E-state index is 12.2. The predicted octanol–water partition coefficient (Wildman–Crippen LogP) is 4.24. The predicted molar refractivity (Wildman–Crippen MR) is 97.4 cm³/mol. The van der Waals surface area contributed by atoms with Gasteiger partial charge in [0, 0.05) is 6.07 Å². The lowest BCUT2D eigenvalue weighted by Crippen LogP contribution is -2.21. The van der Waals surface area contributed by atoms with E-state index in [0.29, 0.717) is 34.4 Å². The first kappa shape index (κ1) is 18.6. The number of carbonyl (C=O) groups is 1. The van der Waals surface area contributed by atoms with Crippen LogP contribution in [0.2, 0.25) is 5.02 Å². The number of carbonyl (C=O) groups excluding carboxylic acids is 1. The molecule has 6 heteroatoms. The van der Waals surface area contributed by atoms with Crippen LogP contribution in [-0.2, 0) is 4.79 Å². The molecule has 0 saturated heterocycles. The van der Waals surface area contributed by atoms with Gasteiger partial charge >= 0.3 is 0 Å². The third-order valence-electron chi connectivity index (χ3n) is 3.43. The molecule has 0 unspecified atom stereocenters. The summed E-state index contributed by atoms with van der Waals surface area (Å²) in [6, 6.07) is 10.6. The average Bonchev–Trinajstić information content (AvgIpc) is 2.57. The van der Waals surface area contributed by atoms with Crippen LogP contribution in [0.25, 0.3) is 0 Å². The number of amides is 1. The Morgan fingerprint density at radius 3 is 2.60 bits per heavy atom. The third-order valence-corrected chi connectivity index (χ3v) is 3.73. The third kappa shape index (κ3) is 4.88. The van der Waals surface area contributed by atoms with E-state index >= 15 is 0 Å². The zero-order valence-electron chi connectivity index (χ0n) is 14.4. The topological polar surface area (TPSA) is 71.3 Å². The number of hydrogen-bond acceptors (Lipinski definition) is 4. The lowest BCUT2D eigenvalue weighted by molar-refractivity contribution is -0.118. The fourth-order valence-electron chi connectivity index (χ4n) is 2.36. The number of ether oxygens (including phenoxy) is 2. The molecule has 0 heterocycles. The first-order valence-electron chi connectivity index (χ1n) is 7.81. The van der Waals surface area contributed by atoms with Crippen molar-refractivity contribution in [3.63, 3.8) is 0 Å².